The zero-order valence-electron chi connectivity index (χ0n) is 10.8. The summed E-state index contributed by atoms with van der Waals surface area (Å²) in [6.45, 7) is 6.08. The van der Waals surface area contributed by atoms with E-state index >= 15 is 0 Å². The Morgan fingerprint density at radius 1 is 1.29 bits per heavy atom. The first-order chi connectivity index (χ1) is 8.06. The Bertz CT molecular complexity index is 404. The molecule has 1 N–H and O–H groups in total. The Morgan fingerprint density at radius 2 is 1.88 bits per heavy atom. The van der Waals surface area contributed by atoms with Gasteiger partial charge in [-0.1, -0.05) is 6.07 Å². The number of amides is 1. The highest BCUT2D eigenvalue weighted by Gasteiger charge is 2.22. The molecule has 3 nitrogen and oxygen atoms in total. The van der Waals surface area contributed by atoms with Gasteiger partial charge in [-0.25, -0.2) is 0 Å². The van der Waals surface area contributed by atoms with Crippen molar-refractivity contribution in [1.82, 2.24) is 5.32 Å². The summed E-state index contributed by atoms with van der Waals surface area (Å²) < 4.78 is 0. The minimum absolute atomic E-state index is 0.210. The van der Waals surface area contributed by atoms with E-state index < -0.39 is 0 Å². The van der Waals surface area contributed by atoms with Gasteiger partial charge in [-0.05, 0) is 56.1 Å². The molecule has 0 saturated carbocycles. The highest BCUT2D eigenvalue weighted by molar-refractivity contribution is 5.93. The second kappa shape index (κ2) is 4.88. The predicted molar refractivity (Wildman–Crippen MR) is 70.3 cm³/mol. The SMILES string of the molecule is Cc1cc(C)cc(N(C)C(=O)CC2CNC2)c1. The lowest BCUT2D eigenvalue weighted by molar-refractivity contribution is -0.119. The van der Waals surface area contributed by atoms with Gasteiger partial charge in [0.25, 0.3) is 0 Å². The Kier molecular flexibility index (Phi) is 3.48. The van der Waals surface area contributed by atoms with E-state index in [0.29, 0.717) is 12.3 Å². The van der Waals surface area contributed by atoms with Crippen molar-refractivity contribution in [3.8, 4) is 0 Å². The van der Waals surface area contributed by atoms with Crippen molar-refractivity contribution in [2.75, 3.05) is 25.0 Å². The quantitative estimate of drug-likeness (QED) is 0.863. The maximum atomic E-state index is 12.1. The van der Waals surface area contributed by atoms with E-state index in [1.807, 2.05) is 7.05 Å². The van der Waals surface area contributed by atoms with E-state index in [0.717, 1.165) is 18.8 Å². The van der Waals surface area contributed by atoms with Crippen LogP contribution in [0.25, 0.3) is 0 Å². The number of hydrogen-bond donors (Lipinski definition) is 1. The molecule has 0 bridgehead atoms. The van der Waals surface area contributed by atoms with Gasteiger partial charge in [-0.3, -0.25) is 4.79 Å². The van der Waals surface area contributed by atoms with E-state index in [-0.39, 0.29) is 5.91 Å². The lowest BCUT2D eigenvalue weighted by Gasteiger charge is -2.28. The van der Waals surface area contributed by atoms with Gasteiger partial charge in [0, 0.05) is 19.2 Å². The van der Waals surface area contributed by atoms with Crippen molar-refractivity contribution >= 4 is 11.6 Å². The number of nitrogens with zero attached hydrogens (tertiary/aromatic N) is 1. The molecule has 0 atom stereocenters. The minimum Gasteiger partial charge on any atom is -0.316 e. The number of aryl methyl sites for hydroxylation is 2. The molecule has 0 aromatic heterocycles. The van der Waals surface area contributed by atoms with Crippen LogP contribution >= 0.6 is 0 Å². The van der Waals surface area contributed by atoms with Crippen LogP contribution in [0.2, 0.25) is 0 Å². The summed E-state index contributed by atoms with van der Waals surface area (Å²) >= 11 is 0. The monoisotopic (exact) mass is 232 g/mol. The normalized spacial score (nSPS) is 15.5. The van der Waals surface area contributed by atoms with E-state index in [1.54, 1.807) is 4.90 Å². The molecule has 1 aliphatic rings. The van der Waals surface area contributed by atoms with Gasteiger partial charge in [0.05, 0.1) is 0 Å². The van der Waals surface area contributed by atoms with Crippen LogP contribution in [-0.4, -0.2) is 26.0 Å². The smallest absolute Gasteiger partial charge is 0.227 e. The zero-order chi connectivity index (χ0) is 12.4. The summed E-state index contributed by atoms with van der Waals surface area (Å²) in [5.74, 6) is 0.734. The molecular weight excluding hydrogens is 212 g/mol. The maximum Gasteiger partial charge on any atom is 0.227 e. The molecule has 1 aliphatic heterocycles. The van der Waals surface area contributed by atoms with Crippen LogP contribution in [0.1, 0.15) is 17.5 Å². The van der Waals surface area contributed by atoms with Crippen molar-refractivity contribution in [2.24, 2.45) is 5.92 Å². The van der Waals surface area contributed by atoms with Crippen LogP contribution in [0.4, 0.5) is 5.69 Å². The largest absolute Gasteiger partial charge is 0.316 e. The van der Waals surface area contributed by atoms with Crippen molar-refractivity contribution in [2.45, 2.75) is 20.3 Å². The summed E-state index contributed by atoms with van der Waals surface area (Å²) in [6.07, 6.45) is 0.649. The van der Waals surface area contributed by atoms with E-state index in [1.165, 1.54) is 11.1 Å². The van der Waals surface area contributed by atoms with Crippen LogP contribution in [0.15, 0.2) is 18.2 Å². The molecule has 1 aromatic carbocycles. The summed E-state index contributed by atoms with van der Waals surface area (Å²) in [5, 5.41) is 3.19. The molecule has 0 unspecified atom stereocenters. The standard InChI is InChI=1S/C14H20N2O/c1-10-4-11(2)6-13(5-10)16(3)14(17)7-12-8-15-9-12/h4-6,12,15H,7-9H2,1-3H3. The third-order valence-electron chi connectivity index (χ3n) is 3.30. The third kappa shape index (κ3) is 2.86. The molecule has 2 rings (SSSR count). The lowest BCUT2D eigenvalue weighted by Crippen LogP contribution is -2.44. The lowest BCUT2D eigenvalue weighted by atomic mass is 9.98. The second-order valence-corrected chi connectivity index (χ2v) is 5.03. The fourth-order valence-corrected chi connectivity index (χ4v) is 2.16. The number of carbonyl (C=O) groups is 1. The van der Waals surface area contributed by atoms with E-state index in [9.17, 15) is 4.79 Å². The minimum atomic E-state index is 0.210. The molecule has 0 radical (unpaired) electrons. The van der Waals surface area contributed by atoms with Gasteiger partial charge in [0.1, 0.15) is 0 Å². The van der Waals surface area contributed by atoms with Gasteiger partial charge in [0.2, 0.25) is 5.91 Å². The molecule has 1 heterocycles. The number of carbonyl (C=O) groups excluding carboxylic acids is 1. The summed E-state index contributed by atoms with van der Waals surface area (Å²) in [7, 11) is 1.86. The number of benzene rings is 1. The van der Waals surface area contributed by atoms with E-state index in [4.69, 9.17) is 0 Å². The number of hydrogen-bond acceptors (Lipinski definition) is 2. The van der Waals surface area contributed by atoms with Gasteiger partial charge in [0.15, 0.2) is 0 Å². The summed E-state index contributed by atoms with van der Waals surface area (Å²) in [5.41, 5.74) is 3.40. The second-order valence-electron chi connectivity index (χ2n) is 5.03. The predicted octanol–water partition coefficient (Wildman–Crippen LogP) is 1.88. The van der Waals surface area contributed by atoms with Crippen molar-refractivity contribution in [3.05, 3.63) is 29.3 Å². The first kappa shape index (κ1) is 12.1. The highest BCUT2D eigenvalue weighted by atomic mass is 16.2. The average molecular weight is 232 g/mol. The maximum absolute atomic E-state index is 12.1. The average Bonchev–Trinajstić information content (AvgIpc) is 2.20. The highest BCUT2D eigenvalue weighted by Crippen LogP contribution is 2.20. The van der Waals surface area contributed by atoms with Gasteiger partial charge >= 0.3 is 0 Å². The third-order valence-corrected chi connectivity index (χ3v) is 3.30. The Labute approximate surface area is 103 Å². The molecule has 92 valence electrons. The molecular formula is C14H20N2O. The molecule has 3 heteroatoms. The first-order valence-electron chi connectivity index (χ1n) is 6.12. The number of nitrogens with one attached hydrogen (secondary N) is 1. The van der Waals surface area contributed by atoms with Gasteiger partial charge in [-0.15, -0.1) is 0 Å². The molecule has 1 aromatic rings. The number of anilines is 1. The van der Waals surface area contributed by atoms with Gasteiger partial charge < -0.3 is 10.2 Å². The molecule has 1 fully saturated rings. The van der Waals surface area contributed by atoms with Crippen molar-refractivity contribution in [1.29, 1.82) is 0 Å². The van der Waals surface area contributed by atoms with Gasteiger partial charge in [-0.2, -0.15) is 0 Å². The van der Waals surface area contributed by atoms with E-state index in [2.05, 4.69) is 37.4 Å². The van der Waals surface area contributed by atoms with Crippen LogP contribution < -0.4 is 10.2 Å². The Hall–Kier alpha value is -1.35. The number of rotatable bonds is 3. The van der Waals surface area contributed by atoms with Crippen molar-refractivity contribution in [3.63, 3.8) is 0 Å². The topological polar surface area (TPSA) is 32.3 Å². The zero-order valence-corrected chi connectivity index (χ0v) is 10.8. The Balaban J connectivity index is 2.06. The van der Waals surface area contributed by atoms with Crippen LogP contribution in [0.5, 0.6) is 0 Å². The fraction of sp³-hybridized carbons (Fsp3) is 0.500. The van der Waals surface area contributed by atoms with Crippen LogP contribution in [0.3, 0.4) is 0 Å². The van der Waals surface area contributed by atoms with Crippen LogP contribution in [-0.2, 0) is 4.79 Å². The molecule has 1 saturated heterocycles. The summed E-state index contributed by atoms with van der Waals surface area (Å²) in [6, 6.07) is 6.24. The van der Waals surface area contributed by atoms with Crippen molar-refractivity contribution < 1.29 is 4.79 Å². The molecule has 17 heavy (non-hydrogen) atoms. The molecule has 1 amide bonds. The molecule has 0 spiro atoms. The first-order valence-corrected chi connectivity index (χ1v) is 6.12. The summed E-state index contributed by atoms with van der Waals surface area (Å²) in [4.78, 5) is 13.8. The Morgan fingerprint density at radius 3 is 2.35 bits per heavy atom. The van der Waals surface area contributed by atoms with Crippen LogP contribution in [0, 0.1) is 19.8 Å². The fourth-order valence-electron chi connectivity index (χ4n) is 2.16. The molecule has 0 aliphatic carbocycles.